The van der Waals surface area contributed by atoms with E-state index in [1.54, 1.807) is 0 Å². The molecular formula is C25H30N4O2. The van der Waals surface area contributed by atoms with Gasteiger partial charge in [-0.2, -0.15) is 5.10 Å². The van der Waals surface area contributed by atoms with E-state index in [0.717, 1.165) is 43.5 Å². The predicted octanol–water partition coefficient (Wildman–Crippen LogP) is 3.78. The number of para-hydroxylation sites is 1. The molecule has 2 atom stereocenters. The van der Waals surface area contributed by atoms with Crippen molar-refractivity contribution in [3.05, 3.63) is 65.9 Å². The van der Waals surface area contributed by atoms with Gasteiger partial charge in [-0.1, -0.05) is 48.5 Å². The van der Waals surface area contributed by atoms with E-state index in [4.69, 9.17) is 4.74 Å². The Morgan fingerprint density at radius 2 is 1.74 bits per heavy atom. The molecule has 6 nitrogen and oxygen atoms in total. The smallest absolute Gasteiger partial charge is 0.272 e. The molecule has 31 heavy (non-hydrogen) atoms. The van der Waals surface area contributed by atoms with Gasteiger partial charge in [0.1, 0.15) is 0 Å². The molecule has 6 heteroatoms. The van der Waals surface area contributed by atoms with E-state index in [0.29, 0.717) is 17.8 Å². The third kappa shape index (κ3) is 3.98. The van der Waals surface area contributed by atoms with Gasteiger partial charge in [0.05, 0.1) is 18.7 Å². The summed E-state index contributed by atoms with van der Waals surface area (Å²) >= 11 is 0. The van der Waals surface area contributed by atoms with Crippen LogP contribution in [0.15, 0.2) is 54.6 Å². The maximum absolute atomic E-state index is 13.2. The van der Waals surface area contributed by atoms with Crippen LogP contribution in [0.2, 0.25) is 0 Å². The molecule has 5 rings (SSSR count). The zero-order valence-electron chi connectivity index (χ0n) is 18.2. The molecule has 2 fully saturated rings. The predicted molar refractivity (Wildman–Crippen MR) is 121 cm³/mol. The number of ether oxygens (including phenoxy) is 1. The maximum atomic E-state index is 13.2. The van der Waals surface area contributed by atoms with Crippen molar-refractivity contribution in [1.29, 1.82) is 0 Å². The lowest BCUT2D eigenvalue weighted by atomic mass is 9.89. The van der Waals surface area contributed by atoms with E-state index >= 15 is 0 Å². The molecule has 1 aromatic heterocycles. The summed E-state index contributed by atoms with van der Waals surface area (Å²) in [5.74, 6) is -0.0731. The fraction of sp³-hybridized carbons (Fsp3) is 0.440. The number of carbonyl (C=O) groups is 1. The molecule has 3 heterocycles. The normalized spacial score (nSPS) is 23.9. The Kier molecular flexibility index (Phi) is 5.50. The van der Waals surface area contributed by atoms with Crippen LogP contribution in [0.5, 0.6) is 0 Å². The van der Waals surface area contributed by atoms with Crippen LogP contribution in [-0.4, -0.2) is 51.9 Å². The molecule has 0 spiro atoms. The van der Waals surface area contributed by atoms with E-state index < -0.39 is 0 Å². The first-order valence-corrected chi connectivity index (χ1v) is 11.3. The van der Waals surface area contributed by atoms with E-state index in [9.17, 15) is 4.79 Å². The molecule has 3 aromatic rings. The van der Waals surface area contributed by atoms with Crippen LogP contribution in [0.25, 0.3) is 10.9 Å². The van der Waals surface area contributed by atoms with Gasteiger partial charge >= 0.3 is 0 Å². The number of aromatic nitrogens is 2. The molecule has 0 aliphatic carbocycles. The van der Waals surface area contributed by atoms with E-state index in [-0.39, 0.29) is 18.0 Å². The molecule has 2 unspecified atom stereocenters. The van der Waals surface area contributed by atoms with E-state index in [1.165, 1.54) is 5.56 Å². The highest BCUT2D eigenvalue weighted by Gasteiger charge is 2.39. The Morgan fingerprint density at radius 3 is 2.45 bits per heavy atom. The molecule has 0 saturated carbocycles. The lowest BCUT2D eigenvalue weighted by Crippen LogP contribution is -2.60. The Morgan fingerprint density at radius 1 is 1.06 bits per heavy atom. The number of nitrogens with one attached hydrogen (secondary N) is 1. The molecule has 2 aliphatic rings. The Labute approximate surface area is 183 Å². The summed E-state index contributed by atoms with van der Waals surface area (Å²) in [4.78, 5) is 15.8. The van der Waals surface area contributed by atoms with Gasteiger partial charge in [-0.25, -0.2) is 0 Å². The monoisotopic (exact) mass is 418 g/mol. The molecular weight excluding hydrogens is 388 g/mol. The average Bonchev–Trinajstić information content (AvgIpc) is 3.15. The number of hydrogen-bond donors (Lipinski definition) is 1. The first kappa shape index (κ1) is 20.2. The molecule has 2 aliphatic heterocycles. The number of hydrogen-bond acceptors (Lipinski definition) is 4. The second kappa shape index (κ2) is 8.44. The highest BCUT2D eigenvalue weighted by Crippen LogP contribution is 2.30. The number of nitrogens with zero attached hydrogens (tertiary/aromatic N) is 3. The van der Waals surface area contributed by atoms with Gasteiger partial charge in [0.2, 0.25) is 0 Å². The van der Waals surface area contributed by atoms with Crippen LogP contribution in [0, 0.1) is 0 Å². The molecule has 0 radical (unpaired) electrons. The third-order valence-corrected chi connectivity index (χ3v) is 6.53. The number of rotatable bonds is 5. The van der Waals surface area contributed by atoms with Crippen LogP contribution in [0.4, 0.5) is 0 Å². The SMILES string of the molecule is CC(C)n1nc(C(=O)NC2CC3COCC(C2)N3Cc2ccccc2)c2ccccc21. The molecule has 2 aromatic carbocycles. The van der Waals surface area contributed by atoms with Gasteiger partial charge in [0.25, 0.3) is 5.91 Å². The number of morpholine rings is 1. The fourth-order valence-electron chi connectivity index (χ4n) is 5.06. The van der Waals surface area contributed by atoms with Crippen molar-refractivity contribution >= 4 is 16.8 Å². The zero-order chi connectivity index (χ0) is 21.4. The van der Waals surface area contributed by atoms with Crippen molar-refractivity contribution in [2.45, 2.75) is 57.4 Å². The van der Waals surface area contributed by atoms with Gasteiger partial charge in [0.15, 0.2) is 5.69 Å². The number of benzene rings is 2. The minimum Gasteiger partial charge on any atom is -0.378 e. The summed E-state index contributed by atoms with van der Waals surface area (Å²) in [6.07, 6.45) is 1.80. The molecule has 162 valence electrons. The lowest BCUT2D eigenvalue weighted by molar-refractivity contribution is -0.0843. The Balaban J connectivity index is 1.32. The van der Waals surface area contributed by atoms with Gasteiger partial charge in [-0.3, -0.25) is 14.4 Å². The van der Waals surface area contributed by atoms with Crippen LogP contribution < -0.4 is 5.32 Å². The zero-order valence-corrected chi connectivity index (χ0v) is 18.2. The Hall–Kier alpha value is -2.70. The lowest BCUT2D eigenvalue weighted by Gasteiger charge is -2.48. The Bertz CT molecular complexity index is 1050. The quantitative estimate of drug-likeness (QED) is 0.685. The number of piperidine rings is 1. The first-order chi connectivity index (χ1) is 15.1. The van der Waals surface area contributed by atoms with Gasteiger partial charge < -0.3 is 10.1 Å². The summed E-state index contributed by atoms with van der Waals surface area (Å²) in [6.45, 7) is 6.56. The third-order valence-electron chi connectivity index (χ3n) is 6.53. The molecule has 1 N–H and O–H groups in total. The second-order valence-corrected chi connectivity index (χ2v) is 9.05. The van der Waals surface area contributed by atoms with Gasteiger partial charge in [-0.05, 0) is 38.3 Å². The van der Waals surface area contributed by atoms with Crippen molar-refractivity contribution in [3.8, 4) is 0 Å². The minimum absolute atomic E-state index is 0.0731. The van der Waals surface area contributed by atoms with Crippen LogP contribution >= 0.6 is 0 Å². The maximum Gasteiger partial charge on any atom is 0.272 e. The summed E-state index contributed by atoms with van der Waals surface area (Å²) in [5.41, 5.74) is 2.86. The van der Waals surface area contributed by atoms with Crippen LogP contribution in [0.3, 0.4) is 0 Å². The van der Waals surface area contributed by atoms with Crippen molar-refractivity contribution in [2.75, 3.05) is 13.2 Å². The number of amides is 1. The van der Waals surface area contributed by atoms with E-state index in [1.807, 2.05) is 28.9 Å². The number of fused-ring (bicyclic) bond motifs is 3. The second-order valence-electron chi connectivity index (χ2n) is 9.05. The summed E-state index contributed by atoms with van der Waals surface area (Å²) in [7, 11) is 0. The van der Waals surface area contributed by atoms with Gasteiger partial charge in [0, 0.05) is 36.1 Å². The highest BCUT2D eigenvalue weighted by atomic mass is 16.5. The van der Waals surface area contributed by atoms with Crippen LogP contribution in [-0.2, 0) is 11.3 Å². The largest absolute Gasteiger partial charge is 0.378 e. The molecule has 1 amide bonds. The van der Waals surface area contributed by atoms with E-state index in [2.05, 4.69) is 59.5 Å². The number of carbonyl (C=O) groups excluding carboxylic acids is 1. The van der Waals surface area contributed by atoms with Crippen molar-refractivity contribution in [1.82, 2.24) is 20.0 Å². The van der Waals surface area contributed by atoms with Crippen molar-refractivity contribution in [3.63, 3.8) is 0 Å². The summed E-state index contributed by atoms with van der Waals surface area (Å²) in [6, 6.07) is 19.6. The summed E-state index contributed by atoms with van der Waals surface area (Å²) < 4.78 is 7.80. The van der Waals surface area contributed by atoms with Crippen molar-refractivity contribution in [2.24, 2.45) is 0 Å². The first-order valence-electron chi connectivity index (χ1n) is 11.3. The standard InChI is InChI=1S/C25H30N4O2/c1-17(2)29-23-11-7-6-10-22(23)24(27-29)25(30)26-19-12-20-15-31-16-21(13-19)28(20)14-18-8-4-3-5-9-18/h3-11,17,19-21H,12-16H2,1-2H3,(H,26,30). The average molecular weight is 419 g/mol. The summed E-state index contributed by atoms with van der Waals surface area (Å²) in [5, 5.41) is 8.88. The highest BCUT2D eigenvalue weighted by molar-refractivity contribution is 6.05. The molecule has 2 bridgehead atoms. The van der Waals surface area contributed by atoms with Crippen LogP contribution in [0.1, 0.15) is 48.8 Å². The topological polar surface area (TPSA) is 59.4 Å². The minimum atomic E-state index is -0.0731. The fourth-order valence-corrected chi connectivity index (χ4v) is 5.06. The van der Waals surface area contributed by atoms with Crippen molar-refractivity contribution < 1.29 is 9.53 Å². The molecule has 2 saturated heterocycles. The van der Waals surface area contributed by atoms with Gasteiger partial charge in [-0.15, -0.1) is 0 Å².